The number of aromatic nitrogens is 2. The summed E-state index contributed by atoms with van der Waals surface area (Å²) < 4.78 is 11.1. The molecule has 2 atom stereocenters. The number of nitrogens with zero attached hydrogens (tertiary/aromatic N) is 2. The minimum absolute atomic E-state index is 0.0496. The van der Waals surface area contributed by atoms with E-state index < -0.39 is 0 Å². The number of methoxy groups -OCH3 is 1. The second-order valence-corrected chi connectivity index (χ2v) is 11.4. The molecule has 2 fully saturated rings. The van der Waals surface area contributed by atoms with E-state index in [4.69, 9.17) is 26.1 Å². The third kappa shape index (κ3) is 7.78. The summed E-state index contributed by atoms with van der Waals surface area (Å²) in [7, 11) is 1.75. The topological polar surface area (TPSA) is 80.3 Å². The lowest BCUT2D eigenvalue weighted by molar-refractivity contribution is -0.0699. The van der Waals surface area contributed by atoms with Gasteiger partial charge in [0.1, 0.15) is 11.6 Å². The van der Waals surface area contributed by atoms with Gasteiger partial charge in [0.15, 0.2) is 0 Å². The predicted molar refractivity (Wildman–Crippen MR) is 148 cm³/mol. The summed E-state index contributed by atoms with van der Waals surface area (Å²) in [5, 5.41) is 11.4. The Labute approximate surface area is 221 Å². The number of ether oxygens (including phenoxy) is 2. The number of rotatable bonds is 10. The van der Waals surface area contributed by atoms with E-state index in [0.29, 0.717) is 29.1 Å². The molecule has 0 amide bonds. The molecule has 3 N–H and O–H groups in total. The van der Waals surface area contributed by atoms with Crippen molar-refractivity contribution in [3.8, 4) is 11.3 Å². The van der Waals surface area contributed by atoms with Crippen molar-refractivity contribution in [3.63, 3.8) is 0 Å². The van der Waals surface area contributed by atoms with Gasteiger partial charge >= 0.3 is 0 Å². The molecule has 0 unspecified atom stereocenters. The average Bonchev–Trinajstić information content (AvgIpc) is 2.85. The highest BCUT2D eigenvalue weighted by Crippen LogP contribution is 2.31. The van der Waals surface area contributed by atoms with E-state index in [1.54, 1.807) is 13.3 Å². The molecule has 8 heteroatoms. The van der Waals surface area contributed by atoms with Crippen LogP contribution in [0, 0.1) is 5.92 Å². The van der Waals surface area contributed by atoms with Gasteiger partial charge in [0, 0.05) is 50.1 Å². The lowest BCUT2D eigenvalue weighted by atomic mass is 9.88. The van der Waals surface area contributed by atoms with E-state index in [1.807, 2.05) is 24.3 Å². The third-order valence-corrected chi connectivity index (χ3v) is 7.57. The van der Waals surface area contributed by atoms with E-state index in [0.717, 1.165) is 81.2 Å². The van der Waals surface area contributed by atoms with Crippen LogP contribution in [0.25, 0.3) is 11.3 Å². The summed E-state index contributed by atoms with van der Waals surface area (Å²) in [6.45, 7) is 8.97. The van der Waals surface area contributed by atoms with Crippen molar-refractivity contribution < 1.29 is 9.47 Å². The summed E-state index contributed by atoms with van der Waals surface area (Å²) in [5.41, 5.74) is 1.70. The molecule has 7 nitrogen and oxygen atoms in total. The fraction of sp³-hybridized carbons (Fsp3) is 0.643. The average molecular weight is 516 g/mol. The number of hydrogen-bond acceptors (Lipinski definition) is 7. The van der Waals surface area contributed by atoms with Gasteiger partial charge < -0.3 is 25.4 Å². The Morgan fingerprint density at radius 2 is 1.92 bits per heavy atom. The number of anilines is 2. The van der Waals surface area contributed by atoms with Crippen LogP contribution >= 0.6 is 11.6 Å². The van der Waals surface area contributed by atoms with Gasteiger partial charge in [-0.2, -0.15) is 0 Å². The minimum Gasteiger partial charge on any atom is -0.383 e. The Bertz CT molecular complexity index is 980. The molecule has 2 aromatic rings. The maximum atomic E-state index is 6.57. The van der Waals surface area contributed by atoms with Crippen LogP contribution in [0.1, 0.15) is 59.3 Å². The van der Waals surface area contributed by atoms with Gasteiger partial charge in [-0.05, 0) is 83.4 Å². The molecule has 2 aromatic heterocycles. The maximum Gasteiger partial charge on any atom is 0.126 e. The van der Waals surface area contributed by atoms with E-state index >= 15 is 0 Å². The van der Waals surface area contributed by atoms with Crippen LogP contribution in [0.15, 0.2) is 30.5 Å². The van der Waals surface area contributed by atoms with Crippen molar-refractivity contribution in [2.75, 3.05) is 37.5 Å². The van der Waals surface area contributed by atoms with Crippen LogP contribution < -0.4 is 16.0 Å². The van der Waals surface area contributed by atoms with Crippen LogP contribution in [-0.2, 0) is 9.47 Å². The summed E-state index contributed by atoms with van der Waals surface area (Å²) >= 11 is 6.57. The van der Waals surface area contributed by atoms with Gasteiger partial charge in [0.2, 0.25) is 0 Å². The molecule has 2 aliphatic rings. The first-order chi connectivity index (χ1) is 17.3. The second kappa shape index (κ2) is 12.5. The van der Waals surface area contributed by atoms with Gasteiger partial charge in [-0.15, -0.1) is 0 Å². The van der Waals surface area contributed by atoms with Crippen molar-refractivity contribution in [2.24, 2.45) is 5.92 Å². The van der Waals surface area contributed by atoms with Crippen LogP contribution in [0.3, 0.4) is 0 Å². The van der Waals surface area contributed by atoms with E-state index in [1.165, 1.54) is 0 Å². The highest BCUT2D eigenvalue weighted by Gasteiger charge is 2.28. The second-order valence-electron chi connectivity index (χ2n) is 11.0. The van der Waals surface area contributed by atoms with E-state index in [-0.39, 0.29) is 5.60 Å². The van der Waals surface area contributed by atoms with E-state index in [2.05, 4.69) is 41.7 Å². The number of pyridine rings is 2. The molecule has 0 spiro atoms. The zero-order valence-electron chi connectivity index (χ0n) is 22.1. The maximum absolute atomic E-state index is 6.57. The predicted octanol–water partition coefficient (Wildman–Crippen LogP) is 5.76. The molecule has 0 radical (unpaired) electrons. The first-order valence-corrected chi connectivity index (χ1v) is 13.7. The number of halogens is 1. The quantitative estimate of drug-likeness (QED) is 0.371. The molecule has 3 heterocycles. The minimum atomic E-state index is -0.0496. The first-order valence-electron chi connectivity index (χ1n) is 13.3. The zero-order chi connectivity index (χ0) is 25.5. The molecule has 198 valence electrons. The van der Waals surface area contributed by atoms with Gasteiger partial charge in [-0.25, -0.2) is 9.97 Å². The highest BCUT2D eigenvalue weighted by molar-refractivity contribution is 6.33. The Balaban J connectivity index is 1.34. The summed E-state index contributed by atoms with van der Waals surface area (Å²) in [4.78, 5) is 9.42. The molecule has 1 aliphatic carbocycles. The van der Waals surface area contributed by atoms with E-state index in [9.17, 15) is 0 Å². The monoisotopic (exact) mass is 515 g/mol. The van der Waals surface area contributed by atoms with Crippen LogP contribution in [0.4, 0.5) is 11.6 Å². The smallest absolute Gasteiger partial charge is 0.126 e. The van der Waals surface area contributed by atoms with Crippen molar-refractivity contribution >= 4 is 23.2 Å². The van der Waals surface area contributed by atoms with Crippen LogP contribution in [-0.4, -0.2) is 60.6 Å². The van der Waals surface area contributed by atoms with Crippen molar-refractivity contribution in [1.82, 2.24) is 15.3 Å². The Morgan fingerprint density at radius 1 is 1.14 bits per heavy atom. The standard InChI is InChI=1S/C28H42ClN5O2/c1-19(18-35-4)32-21-8-10-22(11-9-21)33-27-14-23(24(29)17-31-27)25-6-5-7-26(34-25)30-16-20-12-13-36-28(2,3)15-20/h5-7,14,17,19-22,32H,8-13,15-16,18H2,1-4H3,(H,30,34)(H,31,33)/t19-,20-,21?,22?/m0/s1. The third-order valence-electron chi connectivity index (χ3n) is 7.27. The lowest BCUT2D eigenvalue weighted by Crippen LogP contribution is -2.42. The van der Waals surface area contributed by atoms with Crippen molar-refractivity contribution in [2.45, 2.75) is 83.0 Å². The number of hydrogen-bond donors (Lipinski definition) is 3. The van der Waals surface area contributed by atoms with Gasteiger partial charge in [0.25, 0.3) is 0 Å². The molecule has 1 saturated heterocycles. The molecule has 0 aromatic carbocycles. The highest BCUT2D eigenvalue weighted by atomic mass is 35.5. The first kappa shape index (κ1) is 27.1. The largest absolute Gasteiger partial charge is 0.383 e. The summed E-state index contributed by atoms with van der Waals surface area (Å²) in [6.07, 6.45) is 8.36. The zero-order valence-corrected chi connectivity index (χ0v) is 22.9. The van der Waals surface area contributed by atoms with Crippen molar-refractivity contribution in [1.29, 1.82) is 0 Å². The van der Waals surface area contributed by atoms with Crippen molar-refractivity contribution in [3.05, 3.63) is 35.5 Å². The SMILES string of the molecule is COC[C@H](C)NC1CCC(Nc2cc(-c3cccc(NC[C@H]4CCOC(C)(C)C4)n3)c(Cl)cn2)CC1. The van der Waals surface area contributed by atoms with Gasteiger partial charge in [-0.3, -0.25) is 0 Å². The molecule has 4 rings (SSSR count). The lowest BCUT2D eigenvalue weighted by Gasteiger charge is -2.35. The fourth-order valence-electron chi connectivity index (χ4n) is 5.49. The molecule has 1 saturated carbocycles. The van der Waals surface area contributed by atoms with Crippen LogP contribution in [0.2, 0.25) is 5.02 Å². The molecule has 0 bridgehead atoms. The summed E-state index contributed by atoms with van der Waals surface area (Å²) in [6, 6.07) is 9.42. The fourth-order valence-corrected chi connectivity index (χ4v) is 5.69. The molecule has 1 aliphatic heterocycles. The normalized spacial score (nSPS) is 24.8. The molecular weight excluding hydrogens is 474 g/mol. The number of nitrogens with one attached hydrogen (secondary N) is 3. The Kier molecular flexibility index (Phi) is 9.45. The Morgan fingerprint density at radius 3 is 2.67 bits per heavy atom. The van der Waals surface area contributed by atoms with Gasteiger partial charge in [-0.1, -0.05) is 17.7 Å². The molecule has 36 heavy (non-hydrogen) atoms. The Hall–Kier alpha value is -1.93. The summed E-state index contributed by atoms with van der Waals surface area (Å²) in [5.74, 6) is 2.30. The molecular formula is C28H42ClN5O2. The van der Waals surface area contributed by atoms with Crippen LogP contribution in [0.5, 0.6) is 0 Å². The van der Waals surface area contributed by atoms with Gasteiger partial charge in [0.05, 0.1) is 22.9 Å².